The van der Waals surface area contributed by atoms with E-state index in [1.54, 1.807) is 12.1 Å². The molecule has 146 valence electrons. The number of hydrogen-bond acceptors (Lipinski definition) is 3. The lowest BCUT2D eigenvalue weighted by atomic mass is 10.1. The highest BCUT2D eigenvalue weighted by Gasteiger charge is 2.17. The number of nitrogens with one attached hydrogen (secondary N) is 2. The number of rotatable bonds is 7. The molecule has 0 radical (unpaired) electrons. The van der Waals surface area contributed by atoms with Crippen molar-refractivity contribution in [2.24, 2.45) is 0 Å². The summed E-state index contributed by atoms with van der Waals surface area (Å²) in [5.74, 6) is -1.71. The first kappa shape index (κ1) is 21.0. The van der Waals surface area contributed by atoms with E-state index >= 15 is 0 Å². The van der Waals surface area contributed by atoms with Crippen LogP contribution in [0.1, 0.15) is 36.1 Å². The van der Waals surface area contributed by atoms with Gasteiger partial charge in [0.05, 0.1) is 10.9 Å². The molecule has 27 heavy (non-hydrogen) atoms. The standard InChI is InChI=1S/C19H22F2N2O3S/c1-12-4-6-16(10-13(12)2)27(25,26)22-9-8-19(24)23-14(3)17-11-15(20)5-7-18(17)21/h4-7,10-11,14,22H,8-9H2,1-3H3,(H,23,24). The van der Waals surface area contributed by atoms with Gasteiger partial charge in [0.25, 0.3) is 0 Å². The second-order valence-corrected chi connectivity index (χ2v) is 8.12. The third-order valence-electron chi connectivity index (χ3n) is 4.23. The maximum absolute atomic E-state index is 13.7. The van der Waals surface area contributed by atoms with E-state index in [9.17, 15) is 22.0 Å². The van der Waals surface area contributed by atoms with Crippen LogP contribution >= 0.6 is 0 Å². The third kappa shape index (κ3) is 5.58. The molecule has 1 atom stereocenters. The monoisotopic (exact) mass is 396 g/mol. The normalized spacial score (nSPS) is 12.6. The van der Waals surface area contributed by atoms with E-state index in [4.69, 9.17) is 0 Å². The Morgan fingerprint density at radius 3 is 2.44 bits per heavy atom. The summed E-state index contributed by atoms with van der Waals surface area (Å²) in [5, 5.41) is 2.53. The molecule has 2 aromatic carbocycles. The summed E-state index contributed by atoms with van der Waals surface area (Å²) >= 11 is 0. The predicted octanol–water partition coefficient (Wildman–Crippen LogP) is 3.13. The highest BCUT2D eigenvalue weighted by molar-refractivity contribution is 7.89. The molecule has 2 rings (SSSR count). The van der Waals surface area contributed by atoms with Crippen molar-refractivity contribution in [3.63, 3.8) is 0 Å². The molecule has 8 heteroatoms. The summed E-state index contributed by atoms with van der Waals surface area (Å²) in [6.07, 6.45) is -0.134. The molecule has 1 amide bonds. The highest BCUT2D eigenvalue weighted by Crippen LogP contribution is 2.18. The van der Waals surface area contributed by atoms with Crippen molar-refractivity contribution in [2.75, 3.05) is 6.54 Å². The van der Waals surface area contributed by atoms with Gasteiger partial charge in [0.15, 0.2) is 0 Å². The van der Waals surface area contributed by atoms with Gasteiger partial charge in [-0.15, -0.1) is 0 Å². The van der Waals surface area contributed by atoms with Gasteiger partial charge in [0.1, 0.15) is 11.6 Å². The van der Waals surface area contributed by atoms with Gasteiger partial charge >= 0.3 is 0 Å². The van der Waals surface area contributed by atoms with Gasteiger partial charge in [-0.3, -0.25) is 4.79 Å². The number of halogens is 2. The smallest absolute Gasteiger partial charge is 0.240 e. The Kier molecular flexibility index (Phi) is 6.67. The number of aryl methyl sites for hydroxylation is 2. The van der Waals surface area contributed by atoms with Gasteiger partial charge in [-0.05, 0) is 62.2 Å². The van der Waals surface area contributed by atoms with E-state index in [-0.39, 0.29) is 23.4 Å². The van der Waals surface area contributed by atoms with Crippen molar-refractivity contribution in [2.45, 2.75) is 38.1 Å². The molecule has 5 nitrogen and oxygen atoms in total. The number of carbonyl (C=O) groups excluding carboxylic acids is 1. The van der Waals surface area contributed by atoms with Crippen LogP contribution in [0.4, 0.5) is 8.78 Å². The van der Waals surface area contributed by atoms with Crippen molar-refractivity contribution in [3.8, 4) is 0 Å². The zero-order valence-corrected chi connectivity index (χ0v) is 16.2. The minimum absolute atomic E-state index is 0.0269. The molecule has 1 unspecified atom stereocenters. The molecule has 0 saturated heterocycles. The van der Waals surface area contributed by atoms with Crippen LogP contribution in [0, 0.1) is 25.5 Å². The molecule has 0 bridgehead atoms. The SMILES string of the molecule is Cc1ccc(S(=O)(=O)NCCC(=O)NC(C)c2cc(F)ccc2F)cc1C. The maximum atomic E-state index is 13.7. The molecular weight excluding hydrogens is 374 g/mol. The third-order valence-corrected chi connectivity index (χ3v) is 5.69. The number of hydrogen-bond donors (Lipinski definition) is 2. The van der Waals surface area contributed by atoms with Crippen LogP contribution in [0.2, 0.25) is 0 Å². The summed E-state index contributed by atoms with van der Waals surface area (Å²) in [7, 11) is -3.73. The van der Waals surface area contributed by atoms with E-state index < -0.39 is 33.6 Å². The second-order valence-electron chi connectivity index (χ2n) is 6.35. The Labute approximate surface area is 157 Å². The Hall–Kier alpha value is -2.32. The molecule has 0 aromatic heterocycles. The largest absolute Gasteiger partial charge is 0.349 e. The van der Waals surface area contributed by atoms with Crippen LogP contribution in [0.15, 0.2) is 41.3 Å². The molecule has 0 saturated carbocycles. The maximum Gasteiger partial charge on any atom is 0.240 e. The molecule has 0 aliphatic heterocycles. The highest BCUT2D eigenvalue weighted by atomic mass is 32.2. The number of benzene rings is 2. The summed E-state index contributed by atoms with van der Waals surface area (Å²) in [4.78, 5) is 12.1. The second kappa shape index (κ2) is 8.58. The Morgan fingerprint density at radius 1 is 1.07 bits per heavy atom. The zero-order valence-electron chi connectivity index (χ0n) is 15.3. The number of carbonyl (C=O) groups is 1. The van der Waals surface area contributed by atoms with Gasteiger partial charge in [-0.25, -0.2) is 21.9 Å². The molecule has 0 aliphatic rings. The van der Waals surface area contributed by atoms with E-state index in [0.29, 0.717) is 0 Å². The predicted molar refractivity (Wildman–Crippen MR) is 98.6 cm³/mol. The lowest BCUT2D eigenvalue weighted by Gasteiger charge is -2.15. The van der Waals surface area contributed by atoms with Gasteiger partial charge in [-0.1, -0.05) is 6.07 Å². The topological polar surface area (TPSA) is 75.3 Å². The fraction of sp³-hybridized carbons (Fsp3) is 0.316. The van der Waals surface area contributed by atoms with Gasteiger partial charge < -0.3 is 5.32 Å². The van der Waals surface area contributed by atoms with Crippen LogP contribution in [0.3, 0.4) is 0 Å². The van der Waals surface area contributed by atoms with Crippen molar-refractivity contribution in [3.05, 3.63) is 64.7 Å². The van der Waals surface area contributed by atoms with Gasteiger partial charge in [0, 0.05) is 18.5 Å². The molecule has 2 aromatic rings. The van der Waals surface area contributed by atoms with Crippen LogP contribution < -0.4 is 10.0 Å². The van der Waals surface area contributed by atoms with Crippen molar-refractivity contribution in [1.82, 2.24) is 10.0 Å². The summed E-state index contributed by atoms with van der Waals surface area (Å²) < 4.78 is 53.9. The fourth-order valence-corrected chi connectivity index (χ4v) is 3.62. The molecule has 0 aliphatic carbocycles. The van der Waals surface area contributed by atoms with Gasteiger partial charge in [0.2, 0.25) is 15.9 Å². The zero-order chi connectivity index (χ0) is 20.2. The first-order valence-electron chi connectivity index (χ1n) is 8.41. The van der Waals surface area contributed by atoms with Crippen molar-refractivity contribution in [1.29, 1.82) is 0 Å². The minimum atomic E-state index is -3.73. The minimum Gasteiger partial charge on any atom is -0.349 e. The van der Waals surface area contributed by atoms with Crippen LogP contribution in [-0.4, -0.2) is 20.9 Å². The Balaban J connectivity index is 1.91. The molecule has 0 spiro atoms. The average Bonchev–Trinajstić information content (AvgIpc) is 2.59. The summed E-state index contributed by atoms with van der Waals surface area (Å²) in [5.41, 5.74) is 1.85. The number of amides is 1. The van der Waals surface area contributed by atoms with Crippen LogP contribution in [0.25, 0.3) is 0 Å². The van der Waals surface area contributed by atoms with E-state index in [2.05, 4.69) is 10.0 Å². The average molecular weight is 396 g/mol. The quantitative estimate of drug-likeness (QED) is 0.755. The Morgan fingerprint density at radius 2 is 1.78 bits per heavy atom. The van der Waals surface area contributed by atoms with Gasteiger partial charge in [-0.2, -0.15) is 0 Å². The van der Waals surface area contributed by atoms with Crippen molar-refractivity contribution < 1.29 is 22.0 Å². The Bertz CT molecular complexity index is 946. The molecule has 0 fully saturated rings. The lowest BCUT2D eigenvalue weighted by molar-refractivity contribution is -0.121. The summed E-state index contributed by atoms with van der Waals surface area (Å²) in [6, 6.07) is 7.03. The molecule has 0 heterocycles. The van der Waals surface area contributed by atoms with Crippen LogP contribution in [0.5, 0.6) is 0 Å². The van der Waals surface area contributed by atoms with E-state index in [1.165, 1.54) is 13.0 Å². The lowest BCUT2D eigenvalue weighted by Crippen LogP contribution is -2.32. The first-order valence-corrected chi connectivity index (χ1v) is 9.89. The summed E-state index contributed by atoms with van der Waals surface area (Å²) in [6.45, 7) is 5.11. The number of sulfonamides is 1. The first-order chi connectivity index (χ1) is 12.6. The molecule has 2 N–H and O–H groups in total. The van der Waals surface area contributed by atoms with Crippen molar-refractivity contribution >= 4 is 15.9 Å². The van der Waals surface area contributed by atoms with E-state index in [1.807, 2.05) is 13.8 Å². The fourth-order valence-electron chi connectivity index (χ4n) is 2.50. The van der Waals surface area contributed by atoms with E-state index in [0.717, 1.165) is 29.3 Å². The van der Waals surface area contributed by atoms with Crippen LogP contribution in [-0.2, 0) is 14.8 Å². The molecular formula is C19H22F2N2O3S.